The van der Waals surface area contributed by atoms with Crippen molar-refractivity contribution in [2.45, 2.75) is 79.1 Å². The predicted molar refractivity (Wildman–Crippen MR) is 185 cm³/mol. The number of anilines is 1. The summed E-state index contributed by atoms with van der Waals surface area (Å²) in [6.45, 7) is 8.67. The van der Waals surface area contributed by atoms with E-state index in [0.29, 0.717) is 5.92 Å². The van der Waals surface area contributed by atoms with Crippen LogP contribution in [-0.2, 0) is 6.42 Å². The van der Waals surface area contributed by atoms with Crippen molar-refractivity contribution in [3.05, 3.63) is 155 Å². The number of para-hydroxylation sites is 1. The van der Waals surface area contributed by atoms with E-state index in [9.17, 15) is 0 Å². The van der Waals surface area contributed by atoms with Gasteiger partial charge in [0.25, 0.3) is 0 Å². The number of rotatable bonds is 9. The Kier molecular flexibility index (Phi) is 12.3. The first-order chi connectivity index (χ1) is 20.6. The molecule has 3 aliphatic rings. The van der Waals surface area contributed by atoms with Gasteiger partial charge in [-0.2, -0.15) is 0 Å². The SMILES string of the molecule is C/C=C(\C)CC(Cc1ccc(C2=CCC=C(N(C3=CCCC=C3)c3ccccc3)C=C2)cc1)C1=CCCC=C1.CCC. The molecule has 1 heteroatoms. The van der Waals surface area contributed by atoms with E-state index in [-0.39, 0.29) is 0 Å². The maximum atomic E-state index is 2.45. The molecule has 0 N–H and O–H groups in total. The summed E-state index contributed by atoms with van der Waals surface area (Å²) in [5, 5.41) is 0. The Bertz CT molecular complexity index is 1390. The summed E-state index contributed by atoms with van der Waals surface area (Å²) in [7, 11) is 0. The molecule has 0 radical (unpaired) electrons. The summed E-state index contributed by atoms with van der Waals surface area (Å²) < 4.78 is 0. The van der Waals surface area contributed by atoms with Crippen LogP contribution >= 0.6 is 0 Å². The van der Waals surface area contributed by atoms with E-state index in [1.807, 2.05) is 0 Å². The van der Waals surface area contributed by atoms with Crippen molar-refractivity contribution in [1.29, 1.82) is 0 Å². The molecule has 1 atom stereocenters. The number of allylic oxidation sites excluding steroid dienone is 14. The average Bonchev–Trinajstić information content (AvgIpc) is 3.29. The zero-order valence-corrected chi connectivity index (χ0v) is 26.2. The molecule has 2 aromatic rings. The highest BCUT2D eigenvalue weighted by Gasteiger charge is 2.17. The van der Waals surface area contributed by atoms with Crippen LogP contribution in [0.3, 0.4) is 0 Å². The van der Waals surface area contributed by atoms with Crippen LogP contribution in [-0.4, -0.2) is 0 Å². The molecule has 0 saturated heterocycles. The van der Waals surface area contributed by atoms with Crippen molar-refractivity contribution in [3.8, 4) is 0 Å². The second-order valence-corrected chi connectivity index (χ2v) is 11.5. The molecule has 218 valence electrons. The Labute approximate surface area is 255 Å². The molecular weight excluding hydrogens is 506 g/mol. The van der Waals surface area contributed by atoms with E-state index < -0.39 is 0 Å². The van der Waals surface area contributed by atoms with Gasteiger partial charge in [-0.25, -0.2) is 0 Å². The van der Waals surface area contributed by atoms with Crippen molar-refractivity contribution in [3.63, 3.8) is 0 Å². The maximum Gasteiger partial charge on any atom is 0.0461 e. The van der Waals surface area contributed by atoms with Crippen LogP contribution in [0.2, 0.25) is 0 Å². The van der Waals surface area contributed by atoms with Gasteiger partial charge in [0, 0.05) is 17.1 Å². The lowest BCUT2D eigenvalue weighted by atomic mass is 9.84. The van der Waals surface area contributed by atoms with Gasteiger partial charge in [-0.3, -0.25) is 0 Å². The fraction of sp³-hybridized carbons (Fsp3) is 0.317. The van der Waals surface area contributed by atoms with Crippen LogP contribution in [0.4, 0.5) is 5.69 Å². The standard InChI is InChI=1S/C38H41N.C3H8/c1-3-30(2)28-35(32-14-7-4-8-15-32)29-31-22-24-34(25-23-31)33-16-13-21-38(27-26-33)39(36-17-9-5-10-18-36)37-19-11-6-12-20-37;1-3-2/h3,5,7,9-11,14-27,35H,4,6,8,12-13,28-29H2,1-2H3;3H2,1-2H3/b30-3+;. The van der Waals surface area contributed by atoms with E-state index in [2.05, 4.69) is 154 Å². The zero-order valence-electron chi connectivity index (χ0n) is 26.2. The van der Waals surface area contributed by atoms with Crippen molar-refractivity contribution in [2.75, 3.05) is 4.90 Å². The molecule has 0 heterocycles. The van der Waals surface area contributed by atoms with Gasteiger partial charge >= 0.3 is 0 Å². The molecule has 0 saturated carbocycles. The molecule has 0 amide bonds. The zero-order chi connectivity index (χ0) is 29.6. The van der Waals surface area contributed by atoms with Gasteiger partial charge in [-0.1, -0.05) is 123 Å². The molecule has 0 spiro atoms. The van der Waals surface area contributed by atoms with E-state index in [4.69, 9.17) is 0 Å². The highest BCUT2D eigenvalue weighted by atomic mass is 15.1. The Morgan fingerprint density at radius 2 is 1.45 bits per heavy atom. The van der Waals surface area contributed by atoms with Crippen LogP contribution in [0.1, 0.15) is 83.8 Å². The average molecular weight is 556 g/mol. The van der Waals surface area contributed by atoms with Crippen LogP contribution in [0.5, 0.6) is 0 Å². The van der Waals surface area contributed by atoms with Crippen molar-refractivity contribution < 1.29 is 0 Å². The van der Waals surface area contributed by atoms with Gasteiger partial charge < -0.3 is 4.90 Å². The summed E-state index contributed by atoms with van der Waals surface area (Å²) in [5.41, 5.74) is 10.6. The van der Waals surface area contributed by atoms with Crippen LogP contribution < -0.4 is 4.90 Å². The second kappa shape index (κ2) is 16.6. The van der Waals surface area contributed by atoms with Gasteiger partial charge in [-0.05, 0) is 111 Å². The molecule has 0 aromatic heterocycles. The molecule has 0 bridgehead atoms. The predicted octanol–water partition coefficient (Wildman–Crippen LogP) is 11.9. The third-order valence-electron chi connectivity index (χ3n) is 7.93. The molecule has 0 aliphatic heterocycles. The van der Waals surface area contributed by atoms with E-state index >= 15 is 0 Å². The molecule has 0 fully saturated rings. The molecular formula is C41H49N. The van der Waals surface area contributed by atoms with E-state index in [1.165, 1.54) is 64.2 Å². The minimum atomic E-state index is 0.541. The molecule has 42 heavy (non-hydrogen) atoms. The number of benzene rings is 2. The fourth-order valence-corrected chi connectivity index (χ4v) is 5.66. The Hall–Kier alpha value is -3.84. The maximum absolute atomic E-state index is 2.45. The van der Waals surface area contributed by atoms with Gasteiger partial charge in [0.1, 0.15) is 0 Å². The van der Waals surface area contributed by atoms with Crippen molar-refractivity contribution in [2.24, 2.45) is 5.92 Å². The second-order valence-electron chi connectivity index (χ2n) is 11.5. The van der Waals surface area contributed by atoms with Crippen LogP contribution in [0, 0.1) is 5.92 Å². The van der Waals surface area contributed by atoms with Crippen LogP contribution in [0.15, 0.2) is 144 Å². The number of hydrogen-bond acceptors (Lipinski definition) is 1. The van der Waals surface area contributed by atoms with Gasteiger partial charge in [0.05, 0.1) is 0 Å². The lowest BCUT2D eigenvalue weighted by Crippen LogP contribution is -2.20. The minimum absolute atomic E-state index is 0.541. The summed E-state index contributed by atoms with van der Waals surface area (Å²) in [4.78, 5) is 2.38. The van der Waals surface area contributed by atoms with Gasteiger partial charge in [0.15, 0.2) is 0 Å². The normalized spacial score (nSPS) is 17.2. The smallest absolute Gasteiger partial charge is 0.0461 e. The summed E-state index contributed by atoms with van der Waals surface area (Å²) in [5.74, 6) is 0.541. The van der Waals surface area contributed by atoms with Gasteiger partial charge in [-0.15, -0.1) is 0 Å². The first kappa shape index (κ1) is 31.1. The first-order valence-electron chi connectivity index (χ1n) is 16.0. The van der Waals surface area contributed by atoms with E-state index in [0.717, 1.165) is 32.1 Å². The minimum Gasteiger partial charge on any atom is -0.311 e. The summed E-state index contributed by atoms with van der Waals surface area (Å²) >= 11 is 0. The Morgan fingerprint density at radius 3 is 2.10 bits per heavy atom. The number of hydrogen-bond donors (Lipinski definition) is 0. The van der Waals surface area contributed by atoms with Crippen molar-refractivity contribution >= 4 is 11.3 Å². The van der Waals surface area contributed by atoms with Crippen molar-refractivity contribution in [1.82, 2.24) is 0 Å². The molecule has 3 aliphatic carbocycles. The van der Waals surface area contributed by atoms with E-state index in [1.54, 1.807) is 0 Å². The highest BCUT2D eigenvalue weighted by molar-refractivity contribution is 5.76. The van der Waals surface area contributed by atoms with Gasteiger partial charge in [0.2, 0.25) is 0 Å². The fourth-order valence-electron chi connectivity index (χ4n) is 5.66. The topological polar surface area (TPSA) is 3.24 Å². The molecule has 1 unspecified atom stereocenters. The third kappa shape index (κ3) is 8.83. The Balaban J connectivity index is 0.00000129. The Morgan fingerprint density at radius 1 is 0.762 bits per heavy atom. The highest BCUT2D eigenvalue weighted by Crippen LogP contribution is 2.32. The monoisotopic (exact) mass is 555 g/mol. The quantitative estimate of drug-likeness (QED) is 0.278. The summed E-state index contributed by atoms with van der Waals surface area (Å²) in [6.07, 6.45) is 34.5. The molecule has 2 aromatic carbocycles. The van der Waals surface area contributed by atoms with Crippen LogP contribution in [0.25, 0.3) is 5.57 Å². The molecule has 1 nitrogen and oxygen atoms in total. The third-order valence-corrected chi connectivity index (χ3v) is 7.93. The lowest BCUT2D eigenvalue weighted by molar-refractivity contribution is 0.608. The molecule has 5 rings (SSSR count). The first-order valence-corrected chi connectivity index (χ1v) is 16.0. The summed E-state index contributed by atoms with van der Waals surface area (Å²) in [6, 6.07) is 20.0. The largest absolute Gasteiger partial charge is 0.311 e. The lowest BCUT2D eigenvalue weighted by Gasteiger charge is -2.28. The number of nitrogens with zero attached hydrogens (tertiary/aromatic N) is 1.